The molecule has 0 spiro atoms. The van der Waals surface area contributed by atoms with Gasteiger partial charge in [0.2, 0.25) is 5.91 Å². The maximum absolute atomic E-state index is 13.4. The highest BCUT2D eigenvalue weighted by Crippen LogP contribution is 2.46. The summed E-state index contributed by atoms with van der Waals surface area (Å²) in [6.07, 6.45) is 7.68. The lowest BCUT2D eigenvalue weighted by atomic mass is 9.63. The SMILES string of the molecule is CCCCC(CC)COC(=O)C(C)(CC)CC(C)(C)C(CC(C)(C)C)C(=O)OCCN1CCCC1=O. The standard InChI is InChI=1S/C30H55NO5/c1-10-13-15-23(11-2)21-36-27(34)30(9,12-3)22-29(7,8)24(20-28(4,5)6)26(33)35-19-18-31-17-14-16-25(31)32/h23-24H,10-22H2,1-9H3. The van der Waals surface area contributed by atoms with Crippen LogP contribution < -0.4 is 0 Å². The number of unbranched alkanes of at least 4 members (excludes halogenated alkanes) is 1. The molecule has 6 nitrogen and oxygen atoms in total. The van der Waals surface area contributed by atoms with Gasteiger partial charge in [-0.3, -0.25) is 14.4 Å². The molecule has 0 aromatic carbocycles. The molecule has 1 amide bonds. The summed E-state index contributed by atoms with van der Waals surface area (Å²) in [4.78, 5) is 40.4. The summed E-state index contributed by atoms with van der Waals surface area (Å²) >= 11 is 0. The molecule has 1 aliphatic heterocycles. The first-order valence-electron chi connectivity index (χ1n) is 14.3. The molecule has 210 valence electrons. The van der Waals surface area contributed by atoms with Crippen molar-refractivity contribution in [2.24, 2.45) is 28.1 Å². The maximum atomic E-state index is 13.4. The fourth-order valence-corrected chi connectivity index (χ4v) is 5.32. The van der Waals surface area contributed by atoms with Gasteiger partial charge in [0.1, 0.15) is 6.61 Å². The van der Waals surface area contributed by atoms with Crippen LogP contribution in [0.15, 0.2) is 0 Å². The number of hydrogen-bond donors (Lipinski definition) is 0. The lowest BCUT2D eigenvalue weighted by Gasteiger charge is -2.41. The summed E-state index contributed by atoms with van der Waals surface area (Å²) in [6, 6.07) is 0. The molecule has 6 heteroatoms. The molecule has 1 fully saturated rings. The first-order valence-corrected chi connectivity index (χ1v) is 14.3. The molecule has 3 atom stereocenters. The molecule has 0 radical (unpaired) electrons. The van der Waals surface area contributed by atoms with Crippen LogP contribution in [0.4, 0.5) is 0 Å². The van der Waals surface area contributed by atoms with Gasteiger partial charge in [-0.1, -0.05) is 74.7 Å². The molecule has 0 aromatic rings. The minimum atomic E-state index is -0.676. The molecule has 1 rings (SSSR count). The van der Waals surface area contributed by atoms with Gasteiger partial charge in [0.05, 0.1) is 24.5 Å². The molecular weight excluding hydrogens is 454 g/mol. The summed E-state index contributed by atoms with van der Waals surface area (Å²) in [5, 5.41) is 0. The second-order valence-corrected chi connectivity index (χ2v) is 13.1. The lowest BCUT2D eigenvalue weighted by Crippen LogP contribution is -2.42. The van der Waals surface area contributed by atoms with Gasteiger partial charge in [-0.2, -0.15) is 0 Å². The summed E-state index contributed by atoms with van der Waals surface area (Å²) in [5.74, 6) is -0.232. The van der Waals surface area contributed by atoms with Crippen LogP contribution in [0, 0.1) is 28.1 Å². The van der Waals surface area contributed by atoms with Crippen molar-refractivity contribution < 1.29 is 23.9 Å². The van der Waals surface area contributed by atoms with E-state index in [2.05, 4.69) is 48.5 Å². The monoisotopic (exact) mass is 509 g/mol. The van der Waals surface area contributed by atoms with Gasteiger partial charge in [0.25, 0.3) is 0 Å². The molecule has 0 N–H and O–H groups in total. The number of hydrogen-bond acceptors (Lipinski definition) is 5. The van der Waals surface area contributed by atoms with Crippen molar-refractivity contribution in [2.75, 3.05) is 26.3 Å². The van der Waals surface area contributed by atoms with Crippen molar-refractivity contribution >= 4 is 17.8 Å². The molecule has 1 aliphatic rings. The summed E-state index contributed by atoms with van der Waals surface area (Å²) in [5.41, 5.74) is -1.22. The number of esters is 2. The predicted molar refractivity (Wildman–Crippen MR) is 145 cm³/mol. The molecule has 1 heterocycles. The van der Waals surface area contributed by atoms with Crippen LogP contribution in [0.25, 0.3) is 0 Å². The van der Waals surface area contributed by atoms with E-state index in [0.29, 0.717) is 44.8 Å². The van der Waals surface area contributed by atoms with Crippen LogP contribution in [-0.4, -0.2) is 49.0 Å². The smallest absolute Gasteiger partial charge is 0.311 e. The summed E-state index contributed by atoms with van der Waals surface area (Å²) in [7, 11) is 0. The van der Waals surface area contributed by atoms with Gasteiger partial charge in [-0.25, -0.2) is 0 Å². The zero-order chi connectivity index (χ0) is 27.6. The molecule has 3 unspecified atom stereocenters. The van der Waals surface area contributed by atoms with E-state index in [9.17, 15) is 14.4 Å². The fourth-order valence-electron chi connectivity index (χ4n) is 5.32. The van der Waals surface area contributed by atoms with Gasteiger partial charge < -0.3 is 14.4 Å². The average molecular weight is 510 g/mol. The molecule has 1 saturated heterocycles. The van der Waals surface area contributed by atoms with Crippen LogP contribution in [0.2, 0.25) is 0 Å². The Balaban J connectivity index is 2.92. The summed E-state index contributed by atoms with van der Waals surface area (Å²) in [6.45, 7) is 20.7. The second kappa shape index (κ2) is 14.4. The van der Waals surface area contributed by atoms with Crippen LogP contribution in [0.5, 0.6) is 0 Å². The van der Waals surface area contributed by atoms with Crippen LogP contribution in [-0.2, 0) is 23.9 Å². The molecule has 0 bridgehead atoms. The van der Waals surface area contributed by atoms with Crippen LogP contribution >= 0.6 is 0 Å². The Hall–Kier alpha value is -1.59. The van der Waals surface area contributed by atoms with Gasteiger partial charge >= 0.3 is 11.9 Å². The Morgan fingerprint density at radius 3 is 2.19 bits per heavy atom. The quantitative estimate of drug-likeness (QED) is 0.214. The second-order valence-electron chi connectivity index (χ2n) is 13.1. The number of carbonyl (C=O) groups is 3. The third-order valence-electron chi connectivity index (χ3n) is 7.93. The zero-order valence-electron chi connectivity index (χ0n) is 24.8. The molecule has 0 saturated carbocycles. The van der Waals surface area contributed by atoms with E-state index in [-0.39, 0.29) is 35.8 Å². The summed E-state index contributed by atoms with van der Waals surface area (Å²) < 4.78 is 11.6. The molecule has 36 heavy (non-hydrogen) atoms. The highest BCUT2D eigenvalue weighted by molar-refractivity contribution is 5.78. The van der Waals surface area contributed by atoms with Crippen molar-refractivity contribution in [1.82, 2.24) is 4.90 Å². The molecule has 0 aromatic heterocycles. The maximum Gasteiger partial charge on any atom is 0.311 e. The average Bonchev–Trinajstić information content (AvgIpc) is 3.20. The fraction of sp³-hybridized carbons (Fsp3) is 0.900. The van der Waals surface area contributed by atoms with E-state index in [1.54, 1.807) is 4.90 Å². The van der Waals surface area contributed by atoms with Crippen molar-refractivity contribution in [2.45, 2.75) is 120 Å². The van der Waals surface area contributed by atoms with Gasteiger partial charge in [-0.15, -0.1) is 0 Å². The zero-order valence-corrected chi connectivity index (χ0v) is 24.8. The Morgan fingerprint density at radius 2 is 1.69 bits per heavy atom. The van der Waals surface area contributed by atoms with Crippen molar-refractivity contribution in [3.8, 4) is 0 Å². The Morgan fingerprint density at radius 1 is 1.03 bits per heavy atom. The number of amides is 1. The number of nitrogens with zero attached hydrogens (tertiary/aromatic N) is 1. The van der Waals surface area contributed by atoms with E-state index in [1.807, 2.05) is 13.8 Å². The van der Waals surface area contributed by atoms with E-state index < -0.39 is 10.8 Å². The molecular formula is C30H55NO5. The Labute approximate surface area is 221 Å². The minimum Gasteiger partial charge on any atom is -0.465 e. The Bertz CT molecular complexity index is 711. The van der Waals surface area contributed by atoms with E-state index in [4.69, 9.17) is 9.47 Å². The van der Waals surface area contributed by atoms with E-state index in [1.165, 1.54) is 0 Å². The van der Waals surface area contributed by atoms with Crippen molar-refractivity contribution in [3.63, 3.8) is 0 Å². The molecule has 0 aliphatic carbocycles. The van der Waals surface area contributed by atoms with Gasteiger partial charge in [0, 0.05) is 13.0 Å². The highest BCUT2D eigenvalue weighted by atomic mass is 16.5. The number of rotatable bonds is 16. The van der Waals surface area contributed by atoms with E-state index in [0.717, 1.165) is 38.6 Å². The van der Waals surface area contributed by atoms with Gasteiger partial charge in [-0.05, 0) is 55.8 Å². The largest absolute Gasteiger partial charge is 0.465 e. The van der Waals surface area contributed by atoms with Gasteiger partial charge in [0.15, 0.2) is 0 Å². The number of likely N-dealkylation sites (tertiary alicyclic amines) is 1. The first kappa shape index (κ1) is 32.4. The Kier molecular flexibility index (Phi) is 13.0. The first-order chi connectivity index (χ1) is 16.7. The number of ether oxygens (including phenoxy) is 2. The predicted octanol–water partition coefficient (Wildman–Crippen LogP) is 6.80. The topological polar surface area (TPSA) is 72.9 Å². The van der Waals surface area contributed by atoms with Crippen LogP contribution in [0.3, 0.4) is 0 Å². The van der Waals surface area contributed by atoms with Crippen LogP contribution in [0.1, 0.15) is 120 Å². The number of carbonyl (C=O) groups excluding carboxylic acids is 3. The third kappa shape index (κ3) is 10.4. The van der Waals surface area contributed by atoms with Crippen molar-refractivity contribution in [1.29, 1.82) is 0 Å². The normalized spacial score (nSPS) is 18.0. The van der Waals surface area contributed by atoms with E-state index >= 15 is 0 Å². The van der Waals surface area contributed by atoms with Crippen molar-refractivity contribution in [3.05, 3.63) is 0 Å². The lowest BCUT2D eigenvalue weighted by molar-refractivity contribution is -0.164. The third-order valence-corrected chi connectivity index (χ3v) is 7.93. The minimum absolute atomic E-state index is 0.0807. The highest BCUT2D eigenvalue weighted by Gasteiger charge is 2.46.